The average molecular weight is 334 g/mol. The molecule has 0 spiro atoms. The third kappa shape index (κ3) is 2.61. The lowest BCUT2D eigenvalue weighted by molar-refractivity contribution is 0.0727. The molecule has 0 saturated carbocycles. The van der Waals surface area contributed by atoms with Crippen LogP contribution >= 0.6 is 15.9 Å². The van der Waals surface area contributed by atoms with Gasteiger partial charge in [-0.2, -0.15) is 0 Å². The first-order chi connectivity index (χ1) is 9.63. The van der Waals surface area contributed by atoms with Crippen LogP contribution in [0.3, 0.4) is 0 Å². The number of hydrogen-bond donors (Lipinski definition) is 0. The molecule has 1 aliphatic heterocycles. The summed E-state index contributed by atoms with van der Waals surface area (Å²) in [6, 6.07) is 12.1. The highest BCUT2D eigenvalue weighted by atomic mass is 79.9. The van der Waals surface area contributed by atoms with Crippen molar-refractivity contribution in [2.24, 2.45) is 0 Å². The van der Waals surface area contributed by atoms with E-state index in [1.165, 1.54) is 12.1 Å². The summed E-state index contributed by atoms with van der Waals surface area (Å²) in [4.78, 5) is 14.3. The molecule has 1 aliphatic rings. The van der Waals surface area contributed by atoms with Gasteiger partial charge in [-0.1, -0.05) is 34.1 Å². The van der Waals surface area contributed by atoms with E-state index in [1.54, 1.807) is 12.1 Å². The van der Waals surface area contributed by atoms with Gasteiger partial charge in [-0.05, 0) is 41.8 Å². The van der Waals surface area contributed by atoms with E-state index in [0.29, 0.717) is 13.1 Å². The van der Waals surface area contributed by atoms with Crippen LogP contribution < -0.4 is 0 Å². The summed E-state index contributed by atoms with van der Waals surface area (Å²) in [7, 11) is 0. The molecule has 3 rings (SSSR count). The van der Waals surface area contributed by atoms with Crippen LogP contribution in [-0.2, 0) is 13.0 Å². The van der Waals surface area contributed by atoms with Crippen molar-refractivity contribution in [2.45, 2.75) is 13.0 Å². The van der Waals surface area contributed by atoms with Crippen molar-refractivity contribution in [1.29, 1.82) is 0 Å². The number of halogens is 2. The molecule has 0 bridgehead atoms. The quantitative estimate of drug-likeness (QED) is 0.818. The molecule has 2 aromatic rings. The normalized spacial score (nSPS) is 14.3. The highest BCUT2D eigenvalue weighted by molar-refractivity contribution is 9.10. The summed E-state index contributed by atoms with van der Waals surface area (Å²) in [5, 5.41) is 0. The Kier molecular flexibility index (Phi) is 3.57. The predicted molar refractivity (Wildman–Crippen MR) is 79.0 cm³/mol. The molecule has 0 atom stereocenters. The van der Waals surface area contributed by atoms with Gasteiger partial charge in [0.2, 0.25) is 0 Å². The Balaban J connectivity index is 1.83. The van der Waals surface area contributed by atoms with Gasteiger partial charge in [-0.3, -0.25) is 4.79 Å². The van der Waals surface area contributed by atoms with E-state index in [0.717, 1.165) is 27.6 Å². The summed E-state index contributed by atoms with van der Waals surface area (Å²) >= 11 is 3.40. The van der Waals surface area contributed by atoms with E-state index in [-0.39, 0.29) is 11.7 Å². The van der Waals surface area contributed by atoms with E-state index >= 15 is 0 Å². The Morgan fingerprint density at radius 3 is 2.65 bits per heavy atom. The summed E-state index contributed by atoms with van der Waals surface area (Å²) in [6.45, 7) is 1.22. The van der Waals surface area contributed by atoms with Crippen LogP contribution in [0.1, 0.15) is 21.5 Å². The molecule has 1 amide bonds. The Morgan fingerprint density at radius 1 is 1.15 bits per heavy atom. The molecule has 0 aliphatic carbocycles. The van der Waals surface area contributed by atoms with E-state index in [1.807, 2.05) is 23.1 Å². The van der Waals surface area contributed by atoms with Crippen LogP contribution in [0.25, 0.3) is 0 Å². The molecular weight excluding hydrogens is 321 g/mol. The SMILES string of the molecule is O=C1c2cc(Br)ccc2CCN1Cc1ccc(F)cc1. The predicted octanol–water partition coefficient (Wildman–Crippen LogP) is 3.79. The number of carbonyl (C=O) groups excluding carboxylic acids is 1. The fourth-order valence-corrected chi connectivity index (χ4v) is 2.82. The average Bonchev–Trinajstić information content (AvgIpc) is 2.45. The van der Waals surface area contributed by atoms with Gasteiger partial charge in [0.25, 0.3) is 5.91 Å². The first kappa shape index (κ1) is 13.3. The third-order valence-corrected chi connectivity index (χ3v) is 4.02. The largest absolute Gasteiger partial charge is 0.334 e. The van der Waals surface area contributed by atoms with Crippen LogP contribution in [-0.4, -0.2) is 17.4 Å². The lowest BCUT2D eigenvalue weighted by Crippen LogP contribution is -2.37. The van der Waals surface area contributed by atoms with E-state index < -0.39 is 0 Å². The molecule has 102 valence electrons. The van der Waals surface area contributed by atoms with Gasteiger partial charge in [-0.25, -0.2) is 4.39 Å². The van der Waals surface area contributed by atoms with Gasteiger partial charge in [0.15, 0.2) is 0 Å². The van der Waals surface area contributed by atoms with E-state index in [2.05, 4.69) is 15.9 Å². The zero-order valence-corrected chi connectivity index (χ0v) is 12.4. The second-order valence-electron chi connectivity index (χ2n) is 4.90. The van der Waals surface area contributed by atoms with Crippen molar-refractivity contribution >= 4 is 21.8 Å². The maximum absolute atomic E-state index is 12.9. The highest BCUT2D eigenvalue weighted by Gasteiger charge is 2.24. The van der Waals surface area contributed by atoms with Crippen molar-refractivity contribution in [3.05, 3.63) is 69.4 Å². The van der Waals surface area contributed by atoms with Gasteiger partial charge in [0.1, 0.15) is 5.82 Å². The van der Waals surface area contributed by atoms with E-state index in [4.69, 9.17) is 0 Å². The van der Waals surface area contributed by atoms with Crippen LogP contribution in [0.5, 0.6) is 0 Å². The Labute approximate surface area is 125 Å². The minimum absolute atomic E-state index is 0.0388. The minimum atomic E-state index is -0.256. The second kappa shape index (κ2) is 5.37. The molecule has 20 heavy (non-hydrogen) atoms. The molecule has 0 aromatic heterocycles. The Hall–Kier alpha value is -1.68. The Bertz CT molecular complexity index is 654. The van der Waals surface area contributed by atoms with Crippen LogP contribution in [0, 0.1) is 5.82 Å². The van der Waals surface area contributed by atoms with E-state index in [9.17, 15) is 9.18 Å². The maximum atomic E-state index is 12.9. The van der Waals surface area contributed by atoms with Crippen molar-refractivity contribution in [1.82, 2.24) is 4.90 Å². The lowest BCUT2D eigenvalue weighted by Gasteiger charge is -2.28. The standard InChI is InChI=1S/C16H13BrFNO/c17-13-4-3-12-7-8-19(16(20)15(12)9-13)10-11-1-5-14(18)6-2-11/h1-6,9H,7-8,10H2. The fourth-order valence-electron chi connectivity index (χ4n) is 2.45. The number of nitrogens with zero attached hydrogens (tertiary/aromatic N) is 1. The fraction of sp³-hybridized carbons (Fsp3) is 0.188. The number of benzene rings is 2. The number of hydrogen-bond acceptors (Lipinski definition) is 1. The van der Waals surface area contributed by atoms with Crippen LogP contribution in [0.4, 0.5) is 4.39 Å². The first-order valence-electron chi connectivity index (χ1n) is 6.45. The van der Waals surface area contributed by atoms with Crippen molar-refractivity contribution < 1.29 is 9.18 Å². The van der Waals surface area contributed by atoms with Gasteiger partial charge in [-0.15, -0.1) is 0 Å². The molecule has 1 heterocycles. The molecule has 0 fully saturated rings. The van der Waals surface area contributed by atoms with Crippen LogP contribution in [0.2, 0.25) is 0 Å². The van der Waals surface area contributed by atoms with Crippen LogP contribution in [0.15, 0.2) is 46.9 Å². The lowest BCUT2D eigenvalue weighted by atomic mass is 9.98. The monoisotopic (exact) mass is 333 g/mol. The maximum Gasteiger partial charge on any atom is 0.254 e. The smallest absolute Gasteiger partial charge is 0.254 e. The third-order valence-electron chi connectivity index (χ3n) is 3.53. The van der Waals surface area contributed by atoms with Crippen molar-refractivity contribution in [2.75, 3.05) is 6.54 Å². The summed E-state index contributed by atoms with van der Waals surface area (Å²) in [6.07, 6.45) is 0.857. The Morgan fingerprint density at radius 2 is 1.90 bits per heavy atom. The molecule has 2 aromatic carbocycles. The molecule has 4 heteroatoms. The molecule has 0 radical (unpaired) electrons. The summed E-state index contributed by atoms with van der Waals surface area (Å²) in [5.74, 6) is -0.218. The minimum Gasteiger partial charge on any atom is -0.334 e. The van der Waals surface area contributed by atoms with Crippen molar-refractivity contribution in [3.63, 3.8) is 0 Å². The molecule has 2 nitrogen and oxygen atoms in total. The number of fused-ring (bicyclic) bond motifs is 1. The van der Waals surface area contributed by atoms with Gasteiger partial charge >= 0.3 is 0 Å². The number of carbonyl (C=O) groups is 1. The number of amides is 1. The zero-order chi connectivity index (χ0) is 14.1. The topological polar surface area (TPSA) is 20.3 Å². The molecule has 0 N–H and O–H groups in total. The second-order valence-corrected chi connectivity index (χ2v) is 5.82. The summed E-state index contributed by atoms with van der Waals surface area (Å²) in [5.41, 5.74) is 2.79. The van der Waals surface area contributed by atoms with Crippen molar-refractivity contribution in [3.8, 4) is 0 Å². The molecular formula is C16H13BrFNO. The summed E-state index contributed by atoms with van der Waals surface area (Å²) < 4.78 is 13.8. The van der Waals surface area contributed by atoms with Gasteiger partial charge in [0.05, 0.1) is 0 Å². The molecule has 0 unspecified atom stereocenters. The van der Waals surface area contributed by atoms with Gasteiger partial charge < -0.3 is 4.90 Å². The molecule has 0 saturated heterocycles. The van der Waals surface area contributed by atoms with Gasteiger partial charge in [0, 0.05) is 23.1 Å². The first-order valence-corrected chi connectivity index (χ1v) is 7.25. The number of rotatable bonds is 2. The zero-order valence-electron chi connectivity index (χ0n) is 10.8. The highest BCUT2D eigenvalue weighted by Crippen LogP contribution is 2.24.